The number of halogens is 2. The summed E-state index contributed by atoms with van der Waals surface area (Å²) in [5.74, 6) is -0.729. The van der Waals surface area contributed by atoms with Crippen LogP contribution in [0.15, 0.2) is 24.3 Å². The lowest BCUT2D eigenvalue weighted by Crippen LogP contribution is -2.17. The number of carbonyl (C=O) groups excluding carboxylic acids is 1. The van der Waals surface area contributed by atoms with Gasteiger partial charge in [0.1, 0.15) is 11.4 Å². The number of hydrogen-bond acceptors (Lipinski definition) is 5. The first kappa shape index (κ1) is 15.2. The molecule has 2 rings (SSSR count). The van der Waals surface area contributed by atoms with Crippen LogP contribution in [0.3, 0.4) is 0 Å². The molecule has 0 N–H and O–H groups in total. The first-order valence-corrected chi connectivity index (χ1v) is 6.40. The van der Waals surface area contributed by atoms with E-state index in [0.29, 0.717) is 10.8 Å². The van der Waals surface area contributed by atoms with Crippen molar-refractivity contribution in [1.82, 2.24) is 10.2 Å². The van der Waals surface area contributed by atoms with Gasteiger partial charge in [0, 0.05) is 24.7 Å². The highest BCUT2D eigenvalue weighted by molar-refractivity contribution is 6.30. The molecule has 7 heteroatoms. The predicted octanol–water partition coefficient (Wildman–Crippen LogP) is 2.79. The van der Waals surface area contributed by atoms with E-state index in [2.05, 4.69) is 10.2 Å². The lowest BCUT2D eigenvalue weighted by molar-refractivity contribution is 0.0601. The molecule has 0 saturated heterocycles. The number of benzene rings is 1. The van der Waals surface area contributed by atoms with Gasteiger partial charge in [-0.05, 0) is 24.3 Å². The Morgan fingerprint density at radius 2 is 2.00 bits per heavy atom. The summed E-state index contributed by atoms with van der Waals surface area (Å²) >= 11 is 5.86. The van der Waals surface area contributed by atoms with Gasteiger partial charge in [0.2, 0.25) is 0 Å². The predicted molar refractivity (Wildman–Crippen MR) is 78.1 cm³/mol. The molecular formula is C14H13ClFN3O2. The van der Waals surface area contributed by atoms with Crippen LogP contribution in [0, 0.1) is 5.82 Å². The molecule has 1 aromatic heterocycles. The first-order valence-electron chi connectivity index (χ1n) is 6.03. The van der Waals surface area contributed by atoms with E-state index in [9.17, 15) is 9.18 Å². The molecule has 21 heavy (non-hydrogen) atoms. The summed E-state index contributed by atoms with van der Waals surface area (Å²) < 4.78 is 18.6. The fourth-order valence-corrected chi connectivity index (χ4v) is 1.97. The minimum atomic E-state index is -0.572. The van der Waals surface area contributed by atoms with Crippen molar-refractivity contribution in [2.45, 2.75) is 0 Å². The topological polar surface area (TPSA) is 55.3 Å². The Labute approximate surface area is 126 Å². The molecule has 110 valence electrons. The van der Waals surface area contributed by atoms with Gasteiger partial charge in [0.25, 0.3) is 0 Å². The number of aromatic nitrogens is 2. The number of rotatable bonds is 3. The minimum Gasteiger partial charge on any atom is -0.465 e. The van der Waals surface area contributed by atoms with Gasteiger partial charge in [-0.1, -0.05) is 11.6 Å². The van der Waals surface area contributed by atoms with Crippen LogP contribution in [0.5, 0.6) is 0 Å². The smallest absolute Gasteiger partial charge is 0.341 e. The molecule has 0 spiro atoms. The molecule has 0 aliphatic rings. The third kappa shape index (κ3) is 3.11. The Morgan fingerprint density at radius 1 is 1.29 bits per heavy atom. The van der Waals surface area contributed by atoms with Gasteiger partial charge in [-0.2, -0.15) is 0 Å². The van der Waals surface area contributed by atoms with Crippen LogP contribution in [0.4, 0.5) is 10.2 Å². The van der Waals surface area contributed by atoms with Gasteiger partial charge in [0.15, 0.2) is 5.82 Å². The molecule has 0 fully saturated rings. The second-order valence-corrected chi connectivity index (χ2v) is 4.91. The highest BCUT2D eigenvalue weighted by Crippen LogP contribution is 2.27. The van der Waals surface area contributed by atoms with Crippen LogP contribution in [0.25, 0.3) is 11.3 Å². The number of methoxy groups -OCH3 is 1. The van der Waals surface area contributed by atoms with Crippen LogP contribution >= 0.6 is 11.6 Å². The molecule has 0 saturated carbocycles. The zero-order valence-electron chi connectivity index (χ0n) is 11.7. The monoisotopic (exact) mass is 309 g/mol. The summed E-state index contributed by atoms with van der Waals surface area (Å²) in [6, 6.07) is 5.53. The molecule has 0 aliphatic carbocycles. The van der Waals surface area contributed by atoms with Crippen LogP contribution in [-0.2, 0) is 4.74 Å². The van der Waals surface area contributed by atoms with Gasteiger partial charge in [-0.25, -0.2) is 9.18 Å². The molecule has 0 unspecified atom stereocenters. The van der Waals surface area contributed by atoms with E-state index in [1.165, 1.54) is 31.4 Å². The van der Waals surface area contributed by atoms with E-state index in [-0.39, 0.29) is 16.8 Å². The van der Waals surface area contributed by atoms with Gasteiger partial charge >= 0.3 is 5.97 Å². The lowest BCUT2D eigenvalue weighted by atomic mass is 10.1. The zero-order chi connectivity index (χ0) is 15.6. The third-order valence-corrected chi connectivity index (χ3v) is 3.04. The summed E-state index contributed by atoms with van der Waals surface area (Å²) in [4.78, 5) is 13.5. The maximum atomic E-state index is 13.9. The summed E-state index contributed by atoms with van der Waals surface area (Å²) in [5, 5.41) is 8.28. The Hall–Kier alpha value is -2.21. The molecule has 5 nitrogen and oxygen atoms in total. The largest absolute Gasteiger partial charge is 0.465 e. The molecule has 2 aromatic rings. The Morgan fingerprint density at radius 3 is 2.62 bits per heavy atom. The highest BCUT2D eigenvalue weighted by atomic mass is 35.5. The quantitative estimate of drug-likeness (QED) is 0.816. The fourth-order valence-electron chi connectivity index (χ4n) is 1.80. The molecule has 0 aliphatic heterocycles. The van der Waals surface area contributed by atoms with E-state index in [1.54, 1.807) is 19.0 Å². The van der Waals surface area contributed by atoms with E-state index in [4.69, 9.17) is 16.3 Å². The van der Waals surface area contributed by atoms with Crippen molar-refractivity contribution in [2.24, 2.45) is 0 Å². The van der Waals surface area contributed by atoms with Crippen molar-refractivity contribution in [3.63, 3.8) is 0 Å². The highest BCUT2D eigenvalue weighted by Gasteiger charge is 2.19. The number of esters is 1. The molecule has 0 atom stereocenters. The minimum absolute atomic E-state index is 0.172. The van der Waals surface area contributed by atoms with Gasteiger partial charge in [0.05, 0.1) is 12.8 Å². The first-order chi connectivity index (χ1) is 9.93. The SMILES string of the molecule is COC(=O)c1cc(-c2cc(Cl)ccc2F)nnc1N(C)C. The van der Waals surface area contributed by atoms with Gasteiger partial charge in [-0.15, -0.1) is 10.2 Å². The summed E-state index contributed by atoms with van der Waals surface area (Å²) in [6.45, 7) is 0. The van der Waals surface area contributed by atoms with E-state index in [1.807, 2.05) is 0 Å². The lowest BCUT2D eigenvalue weighted by Gasteiger charge is -2.15. The van der Waals surface area contributed by atoms with Crippen molar-refractivity contribution in [2.75, 3.05) is 26.1 Å². The van der Waals surface area contributed by atoms with E-state index in [0.717, 1.165) is 0 Å². The Bertz CT molecular complexity index is 692. The van der Waals surface area contributed by atoms with Gasteiger partial charge in [-0.3, -0.25) is 0 Å². The molecule has 1 heterocycles. The fraction of sp³-hybridized carbons (Fsp3) is 0.214. The molecule has 1 aromatic carbocycles. The summed E-state index contributed by atoms with van der Waals surface area (Å²) in [6.07, 6.45) is 0. The average molecular weight is 310 g/mol. The van der Waals surface area contributed by atoms with Crippen LogP contribution < -0.4 is 4.90 Å². The van der Waals surface area contributed by atoms with Crippen LogP contribution in [0.1, 0.15) is 10.4 Å². The summed E-state index contributed by atoms with van der Waals surface area (Å²) in [7, 11) is 4.70. The van der Waals surface area contributed by atoms with Crippen LogP contribution in [-0.4, -0.2) is 37.4 Å². The molecule has 0 radical (unpaired) electrons. The molecular weight excluding hydrogens is 297 g/mol. The van der Waals surface area contributed by atoms with E-state index >= 15 is 0 Å². The van der Waals surface area contributed by atoms with Crippen LogP contribution in [0.2, 0.25) is 5.02 Å². The number of carbonyl (C=O) groups is 1. The number of nitrogens with zero attached hydrogens (tertiary/aromatic N) is 3. The number of anilines is 1. The number of ether oxygens (including phenoxy) is 1. The average Bonchev–Trinajstić information content (AvgIpc) is 2.48. The normalized spacial score (nSPS) is 10.3. The van der Waals surface area contributed by atoms with Crippen molar-refractivity contribution >= 4 is 23.4 Å². The second-order valence-electron chi connectivity index (χ2n) is 4.48. The van der Waals surface area contributed by atoms with Crippen molar-refractivity contribution in [3.8, 4) is 11.3 Å². The maximum Gasteiger partial charge on any atom is 0.341 e. The van der Waals surface area contributed by atoms with E-state index < -0.39 is 11.8 Å². The second kappa shape index (κ2) is 6.05. The Balaban J connectivity index is 2.61. The molecule has 0 amide bonds. The van der Waals surface area contributed by atoms with Crippen molar-refractivity contribution in [3.05, 3.63) is 40.7 Å². The van der Waals surface area contributed by atoms with Crippen molar-refractivity contribution in [1.29, 1.82) is 0 Å². The Kier molecular flexibility index (Phi) is 4.37. The summed E-state index contributed by atoms with van der Waals surface area (Å²) in [5.41, 5.74) is 0.582. The number of hydrogen-bond donors (Lipinski definition) is 0. The maximum absolute atomic E-state index is 13.9. The van der Waals surface area contributed by atoms with Gasteiger partial charge < -0.3 is 9.64 Å². The zero-order valence-corrected chi connectivity index (χ0v) is 12.5. The molecule has 0 bridgehead atoms. The third-order valence-electron chi connectivity index (χ3n) is 2.81. The standard InChI is InChI=1S/C14H13ClFN3O2/c1-19(2)13-10(14(20)21-3)7-12(17-18-13)9-6-8(15)4-5-11(9)16/h4-7H,1-3H3. The van der Waals surface area contributed by atoms with Crippen molar-refractivity contribution < 1.29 is 13.9 Å².